The van der Waals surface area contributed by atoms with Crippen molar-refractivity contribution in [3.63, 3.8) is 0 Å². The van der Waals surface area contributed by atoms with Crippen LogP contribution in [0.15, 0.2) is 0 Å². The largest absolute Gasteiger partial charge is 0.636 e. The van der Waals surface area contributed by atoms with E-state index in [2.05, 4.69) is 13.8 Å². The molecule has 0 aliphatic rings. The van der Waals surface area contributed by atoms with E-state index in [1.54, 1.807) is 0 Å². The first-order chi connectivity index (χ1) is 4.85. The van der Waals surface area contributed by atoms with Gasteiger partial charge in [-0.05, 0) is 12.8 Å². The molecular formula is C8H19NO. The van der Waals surface area contributed by atoms with Crippen molar-refractivity contribution in [2.24, 2.45) is 5.92 Å². The van der Waals surface area contributed by atoms with Crippen LogP contribution < -0.4 is 5.48 Å². The Labute approximate surface area is 63.6 Å². The minimum Gasteiger partial charge on any atom is -0.636 e. The lowest BCUT2D eigenvalue weighted by molar-refractivity contribution is -0.595. The highest BCUT2D eigenvalue weighted by atomic mass is 16.5. The van der Waals surface area contributed by atoms with Crippen LogP contribution in [-0.2, 0) is 0 Å². The van der Waals surface area contributed by atoms with Crippen LogP contribution in [0.1, 0.15) is 39.5 Å². The summed E-state index contributed by atoms with van der Waals surface area (Å²) in [6.45, 7) is 5.11. The number of rotatable bonds is 6. The number of hydroxylamine groups is 1. The average Bonchev–Trinajstić information content (AvgIpc) is 1.98. The highest BCUT2D eigenvalue weighted by molar-refractivity contribution is 4.53. The van der Waals surface area contributed by atoms with Crippen molar-refractivity contribution in [1.29, 1.82) is 0 Å². The second-order valence-electron chi connectivity index (χ2n) is 2.82. The van der Waals surface area contributed by atoms with Crippen LogP contribution >= 0.6 is 0 Å². The van der Waals surface area contributed by atoms with E-state index < -0.39 is 0 Å². The van der Waals surface area contributed by atoms with Crippen LogP contribution in [0.5, 0.6) is 0 Å². The van der Waals surface area contributed by atoms with E-state index in [1.807, 2.05) is 0 Å². The topological polar surface area (TPSA) is 39.7 Å². The first kappa shape index (κ1) is 9.92. The summed E-state index contributed by atoms with van der Waals surface area (Å²) in [6.07, 6.45) is 4.90. The van der Waals surface area contributed by atoms with Gasteiger partial charge in [-0.2, -0.15) is 0 Å². The van der Waals surface area contributed by atoms with Crippen molar-refractivity contribution >= 4 is 0 Å². The van der Waals surface area contributed by atoms with E-state index in [0.29, 0.717) is 5.92 Å². The normalized spacial score (nSPS) is 13.5. The molecule has 0 aromatic rings. The zero-order valence-electron chi connectivity index (χ0n) is 7.10. The molecule has 0 rings (SSSR count). The number of quaternary nitrogens is 1. The molecule has 62 valence electrons. The molecule has 0 saturated heterocycles. The minimum atomic E-state index is 0.650. The van der Waals surface area contributed by atoms with Crippen LogP contribution in [0, 0.1) is 11.1 Å². The van der Waals surface area contributed by atoms with Gasteiger partial charge in [-0.1, -0.05) is 26.7 Å². The smallest absolute Gasteiger partial charge is 0.0781 e. The molecule has 2 heteroatoms. The van der Waals surface area contributed by atoms with Gasteiger partial charge in [0.25, 0.3) is 0 Å². The van der Waals surface area contributed by atoms with Gasteiger partial charge in [-0.25, -0.2) is 0 Å². The van der Waals surface area contributed by atoms with Crippen molar-refractivity contribution in [2.75, 3.05) is 6.54 Å². The Morgan fingerprint density at radius 3 is 2.50 bits per heavy atom. The summed E-state index contributed by atoms with van der Waals surface area (Å²) >= 11 is 0. The summed E-state index contributed by atoms with van der Waals surface area (Å²) in [6, 6.07) is 0. The van der Waals surface area contributed by atoms with Gasteiger partial charge < -0.3 is 10.7 Å². The second-order valence-corrected chi connectivity index (χ2v) is 2.82. The molecule has 0 radical (unpaired) electrons. The molecule has 0 saturated carbocycles. The number of nitrogens with two attached hydrogens (primary N) is 1. The van der Waals surface area contributed by atoms with Crippen LogP contribution in [0.25, 0.3) is 0 Å². The van der Waals surface area contributed by atoms with Crippen LogP contribution in [0.2, 0.25) is 0 Å². The lowest BCUT2D eigenvalue weighted by Crippen LogP contribution is -2.78. The summed E-state index contributed by atoms with van der Waals surface area (Å²) in [4.78, 5) is 0. The monoisotopic (exact) mass is 145 g/mol. The molecular weight excluding hydrogens is 126 g/mol. The molecule has 0 bridgehead atoms. The molecule has 0 aromatic carbocycles. The molecule has 0 heterocycles. The van der Waals surface area contributed by atoms with Crippen LogP contribution in [-0.4, -0.2) is 6.54 Å². The third kappa shape index (κ3) is 4.77. The molecule has 0 aromatic heterocycles. The van der Waals surface area contributed by atoms with Gasteiger partial charge >= 0.3 is 0 Å². The van der Waals surface area contributed by atoms with Gasteiger partial charge in [0.2, 0.25) is 0 Å². The Balaban J connectivity index is 3.21. The van der Waals surface area contributed by atoms with E-state index >= 15 is 0 Å². The van der Waals surface area contributed by atoms with Crippen LogP contribution in [0.4, 0.5) is 0 Å². The third-order valence-electron chi connectivity index (χ3n) is 1.97. The highest BCUT2D eigenvalue weighted by Gasteiger charge is 2.04. The van der Waals surface area contributed by atoms with Crippen molar-refractivity contribution in [3.05, 3.63) is 5.21 Å². The fourth-order valence-corrected chi connectivity index (χ4v) is 1.12. The number of hydrogen-bond acceptors (Lipinski definition) is 1. The summed E-state index contributed by atoms with van der Waals surface area (Å²) in [5.41, 5.74) is 1.05. The van der Waals surface area contributed by atoms with Crippen LogP contribution in [0.3, 0.4) is 0 Å². The van der Waals surface area contributed by atoms with Crippen molar-refractivity contribution in [1.82, 2.24) is 0 Å². The zero-order chi connectivity index (χ0) is 7.82. The molecule has 2 N–H and O–H groups in total. The number of unbranched alkanes of at least 4 members (excludes halogenated alkanes) is 1. The predicted octanol–water partition coefficient (Wildman–Crippen LogP) is 1.26. The van der Waals surface area contributed by atoms with Gasteiger partial charge in [0.1, 0.15) is 0 Å². The molecule has 2 nitrogen and oxygen atoms in total. The van der Waals surface area contributed by atoms with Crippen molar-refractivity contribution in [3.8, 4) is 0 Å². The molecule has 0 aliphatic heterocycles. The molecule has 0 amide bonds. The van der Waals surface area contributed by atoms with E-state index in [9.17, 15) is 5.21 Å². The first-order valence-electron chi connectivity index (χ1n) is 4.28. The Morgan fingerprint density at radius 1 is 1.40 bits per heavy atom. The molecule has 0 aliphatic carbocycles. The van der Waals surface area contributed by atoms with Gasteiger partial charge in [-0.3, -0.25) is 0 Å². The number of hydrogen-bond donors (Lipinski definition) is 1. The molecule has 1 atom stereocenters. The van der Waals surface area contributed by atoms with Crippen molar-refractivity contribution in [2.45, 2.75) is 39.5 Å². The molecule has 10 heavy (non-hydrogen) atoms. The maximum Gasteiger partial charge on any atom is 0.0781 e. The van der Waals surface area contributed by atoms with E-state index in [4.69, 9.17) is 0 Å². The first-order valence-corrected chi connectivity index (χ1v) is 4.28. The molecule has 0 spiro atoms. The van der Waals surface area contributed by atoms with Crippen molar-refractivity contribution < 1.29 is 5.48 Å². The Bertz CT molecular complexity index is 66.3. The fourth-order valence-electron chi connectivity index (χ4n) is 1.12. The third-order valence-corrected chi connectivity index (χ3v) is 1.97. The second kappa shape index (κ2) is 7.03. The highest BCUT2D eigenvalue weighted by Crippen LogP contribution is 2.09. The maximum atomic E-state index is 10.1. The van der Waals surface area contributed by atoms with Gasteiger partial charge in [-0.15, -0.1) is 0 Å². The Kier molecular flexibility index (Phi) is 6.98. The maximum absolute atomic E-state index is 10.1. The lowest BCUT2D eigenvalue weighted by atomic mass is 10.00. The van der Waals surface area contributed by atoms with E-state index in [-0.39, 0.29) is 0 Å². The minimum absolute atomic E-state index is 0.650. The Hall–Kier alpha value is -0.0800. The van der Waals surface area contributed by atoms with Gasteiger partial charge in [0, 0.05) is 5.92 Å². The summed E-state index contributed by atoms with van der Waals surface area (Å²) in [5.74, 6) is 0.650. The quantitative estimate of drug-likeness (QED) is 0.562. The van der Waals surface area contributed by atoms with E-state index in [1.165, 1.54) is 19.3 Å². The zero-order valence-corrected chi connectivity index (χ0v) is 7.10. The summed E-state index contributed by atoms with van der Waals surface area (Å²) in [7, 11) is 0. The van der Waals surface area contributed by atoms with Gasteiger partial charge in [0.05, 0.1) is 6.54 Å². The SMILES string of the molecule is CCCCC(CC)C[NH2+][O-]. The Morgan fingerprint density at radius 2 is 2.10 bits per heavy atom. The lowest BCUT2D eigenvalue weighted by Gasteiger charge is -2.13. The predicted molar refractivity (Wildman–Crippen MR) is 43.5 cm³/mol. The molecule has 1 unspecified atom stereocenters. The van der Waals surface area contributed by atoms with E-state index in [0.717, 1.165) is 18.4 Å². The summed E-state index contributed by atoms with van der Waals surface area (Å²) < 4.78 is 0. The fraction of sp³-hybridized carbons (Fsp3) is 1.00. The van der Waals surface area contributed by atoms with Gasteiger partial charge in [0.15, 0.2) is 0 Å². The average molecular weight is 145 g/mol. The summed E-state index contributed by atoms with van der Waals surface area (Å²) in [5, 5.41) is 10.1. The standard InChI is InChI=1S/C8H19NO/c1-3-5-6-8(4-2)7-9-10/h8H,3-7,9H2,1-2H3. The molecule has 0 fully saturated rings.